The first kappa shape index (κ1) is 26.1. The summed E-state index contributed by atoms with van der Waals surface area (Å²) in [5.41, 5.74) is 3.02. The van der Waals surface area contributed by atoms with Crippen molar-refractivity contribution in [2.45, 2.75) is 51.6 Å². The molecule has 1 aliphatic carbocycles. The first-order chi connectivity index (χ1) is 17.9. The lowest BCUT2D eigenvalue weighted by atomic mass is 9.99. The molecule has 4 rings (SSSR count). The van der Waals surface area contributed by atoms with Crippen molar-refractivity contribution in [1.29, 1.82) is 0 Å². The van der Waals surface area contributed by atoms with Gasteiger partial charge in [-0.2, -0.15) is 0 Å². The zero-order chi connectivity index (χ0) is 26.5. The van der Waals surface area contributed by atoms with Crippen molar-refractivity contribution in [2.75, 3.05) is 26.2 Å². The summed E-state index contributed by atoms with van der Waals surface area (Å²) >= 11 is 0. The summed E-state index contributed by atoms with van der Waals surface area (Å²) in [7, 11) is 4.56. The molecule has 0 unspecified atom stereocenters. The number of methoxy groups -OCH3 is 3. The van der Waals surface area contributed by atoms with Crippen LogP contribution in [0.5, 0.6) is 17.2 Å². The van der Waals surface area contributed by atoms with E-state index < -0.39 is 11.9 Å². The molecule has 1 heterocycles. The standard InChI is InChI=1S/C29H34N2O6/c1-18-12-13-22(19(2)15-18)31(29(33)23-11-8-14-37-23)26(28(32)30-21-9-6-7-10-21)20-16-24(34-3)27(36-5)25(17-20)35-4/h8,11-17,21,26H,6-7,9-10H2,1-5H3,(H,30,32)/t26-/m0/s1. The fraction of sp³-hybridized carbons (Fsp3) is 0.379. The number of nitrogens with zero attached hydrogens (tertiary/aromatic N) is 1. The zero-order valence-corrected chi connectivity index (χ0v) is 22.0. The molecule has 0 spiro atoms. The second kappa shape index (κ2) is 11.4. The van der Waals surface area contributed by atoms with Crippen LogP contribution in [0.25, 0.3) is 0 Å². The van der Waals surface area contributed by atoms with Crippen LogP contribution in [0.2, 0.25) is 0 Å². The highest BCUT2D eigenvalue weighted by molar-refractivity contribution is 6.09. The minimum atomic E-state index is -1.03. The maximum absolute atomic E-state index is 14.1. The molecule has 37 heavy (non-hydrogen) atoms. The lowest BCUT2D eigenvalue weighted by Crippen LogP contribution is -2.46. The Labute approximate surface area is 217 Å². The van der Waals surface area contributed by atoms with E-state index in [4.69, 9.17) is 18.6 Å². The van der Waals surface area contributed by atoms with Gasteiger partial charge in [-0.3, -0.25) is 14.5 Å². The van der Waals surface area contributed by atoms with E-state index in [1.54, 1.807) is 24.3 Å². The summed E-state index contributed by atoms with van der Waals surface area (Å²) in [6, 6.07) is 11.5. The molecule has 8 nitrogen and oxygen atoms in total. The number of aryl methyl sites for hydroxylation is 2. The van der Waals surface area contributed by atoms with Gasteiger partial charge in [-0.25, -0.2) is 0 Å². The molecule has 0 bridgehead atoms. The lowest BCUT2D eigenvalue weighted by molar-refractivity contribution is -0.123. The summed E-state index contributed by atoms with van der Waals surface area (Å²) in [5.74, 6) is 0.589. The van der Waals surface area contributed by atoms with E-state index in [2.05, 4.69) is 5.32 Å². The number of nitrogens with one attached hydrogen (secondary N) is 1. The first-order valence-corrected chi connectivity index (χ1v) is 12.4. The Kier molecular flexibility index (Phi) is 8.06. The number of benzene rings is 2. The van der Waals surface area contributed by atoms with Crippen molar-refractivity contribution in [3.05, 3.63) is 71.2 Å². The quantitative estimate of drug-likeness (QED) is 0.420. The van der Waals surface area contributed by atoms with Gasteiger partial charge >= 0.3 is 0 Å². The van der Waals surface area contributed by atoms with Crippen molar-refractivity contribution >= 4 is 17.5 Å². The molecule has 1 fully saturated rings. The van der Waals surface area contributed by atoms with E-state index in [0.29, 0.717) is 28.5 Å². The number of ether oxygens (including phenoxy) is 3. The van der Waals surface area contributed by atoms with E-state index in [-0.39, 0.29) is 17.7 Å². The molecule has 196 valence electrons. The van der Waals surface area contributed by atoms with Gasteiger partial charge < -0.3 is 23.9 Å². The van der Waals surface area contributed by atoms with Crippen molar-refractivity contribution in [3.63, 3.8) is 0 Å². The molecule has 1 saturated carbocycles. The Morgan fingerprint density at radius 1 is 0.973 bits per heavy atom. The minimum Gasteiger partial charge on any atom is -0.493 e. The molecule has 8 heteroatoms. The van der Waals surface area contributed by atoms with Gasteiger partial charge in [0.15, 0.2) is 17.3 Å². The largest absolute Gasteiger partial charge is 0.493 e. The number of hydrogen-bond acceptors (Lipinski definition) is 6. The third-order valence-electron chi connectivity index (χ3n) is 6.77. The molecule has 0 aliphatic heterocycles. The second-order valence-corrected chi connectivity index (χ2v) is 9.29. The molecule has 1 aromatic heterocycles. The normalized spacial score (nSPS) is 14.2. The Hall–Kier alpha value is -3.94. The summed E-state index contributed by atoms with van der Waals surface area (Å²) in [4.78, 5) is 29.6. The second-order valence-electron chi connectivity index (χ2n) is 9.29. The van der Waals surface area contributed by atoms with Crippen LogP contribution in [0, 0.1) is 13.8 Å². The number of carbonyl (C=O) groups is 2. The average Bonchev–Trinajstić information content (AvgIpc) is 3.61. The van der Waals surface area contributed by atoms with Gasteiger partial charge in [-0.1, -0.05) is 30.5 Å². The Bertz CT molecular complexity index is 1220. The predicted molar refractivity (Wildman–Crippen MR) is 141 cm³/mol. The third kappa shape index (κ3) is 5.43. The Morgan fingerprint density at radius 3 is 2.19 bits per heavy atom. The molecule has 2 aromatic carbocycles. The number of hydrogen-bond donors (Lipinski definition) is 1. The van der Waals surface area contributed by atoms with Crippen LogP contribution in [0.4, 0.5) is 5.69 Å². The Morgan fingerprint density at radius 2 is 1.65 bits per heavy atom. The van der Waals surface area contributed by atoms with Crippen molar-refractivity contribution in [3.8, 4) is 17.2 Å². The predicted octanol–water partition coefficient (Wildman–Crippen LogP) is 5.37. The molecular weight excluding hydrogens is 472 g/mol. The van der Waals surface area contributed by atoms with E-state index >= 15 is 0 Å². The van der Waals surface area contributed by atoms with Crippen LogP contribution in [-0.4, -0.2) is 39.2 Å². The van der Waals surface area contributed by atoms with Crippen LogP contribution in [0.15, 0.2) is 53.1 Å². The van der Waals surface area contributed by atoms with Crippen LogP contribution in [0.1, 0.15) is 59.0 Å². The molecule has 1 N–H and O–H groups in total. The van der Waals surface area contributed by atoms with Gasteiger partial charge in [0.1, 0.15) is 6.04 Å². The molecule has 3 aromatic rings. The molecule has 0 radical (unpaired) electrons. The highest BCUT2D eigenvalue weighted by Gasteiger charge is 2.37. The highest BCUT2D eigenvalue weighted by atomic mass is 16.5. The lowest BCUT2D eigenvalue weighted by Gasteiger charge is -2.33. The van der Waals surface area contributed by atoms with E-state index in [1.165, 1.54) is 32.5 Å². The van der Waals surface area contributed by atoms with Gasteiger partial charge in [0.2, 0.25) is 11.7 Å². The van der Waals surface area contributed by atoms with Crippen molar-refractivity contribution < 1.29 is 28.2 Å². The van der Waals surface area contributed by atoms with Crippen LogP contribution < -0.4 is 24.4 Å². The van der Waals surface area contributed by atoms with Crippen LogP contribution >= 0.6 is 0 Å². The first-order valence-electron chi connectivity index (χ1n) is 12.4. The van der Waals surface area contributed by atoms with E-state index in [9.17, 15) is 9.59 Å². The number of furan rings is 1. The van der Waals surface area contributed by atoms with Gasteiger partial charge in [-0.15, -0.1) is 0 Å². The highest BCUT2D eigenvalue weighted by Crippen LogP contribution is 2.42. The average molecular weight is 507 g/mol. The molecule has 1 atom stereocenters. The molecule has 2 amide bonds. The maximum Gasteiger partial charge on any atom is 0.294 e. The number of rotatable bonds is 9. The molecule has 0 saturated heterocycles. The summed E-state index contributed by atoms with van der Waals surface area (Å²) in [6.45, 7) is 3.91. The molecular formula is C29H34N2O6. The topological polar surface area (TPSA) is 90.2 Å². The van der Waals surface area contributed by atoms with Crippen molar-refractivity contribution in [2.24, 2.45) is 0 Å². The maximum atomic E-state index is 14.1. The van der Waals surface area contributed by atoms with Gasteiger partial charge in [-0.05, 0) is 68.1 Å². The SMILES string of the molecule is COc1cc([C@@H](C(=O)NC2CCCC2)N(C(=O)c2ccco2)c2ccc(C)cc2C)cc(OC)c1OC. The van der Waals surface area contributed by atoms with Gasteiger partial charge in [0.25, 0.3) is 5.91 Å². The van der Waals surface area contributed by atoms with Crippen LogP contribution in [0.3, 0.4) is 0 Å². The Balaban J connectivity index is 1.93. The van der Waals surface area contributed by atoms with Gasteiger partial charge in [0.05, 0.1) is 27.6 Å². The fourth-order valence-corrected chi connectivity index (χ4v) is 4.99. The molecule has 1 aliphatic rings. The van der Waals surface area contributed by atoms with E-state index in [0.717, 1.165) is 36.8 Å². The zero-order valence-electron chi connectivity index (χ0n) is 22.0. The van der Waals surface area contributed by atoms with E-state index in [1.807, 2.05) is 32.0 Å². The van der Waals surface area contributed by atoms with Gasteiger partial charge in [0, 0.05) is 11.7 Å². The third-order valence-corrected chi connectivity index (χ3v) is 6.77. The van der Waals surface area contributed by atoms with Crippen molar-refractivity contribution in [1.82, 2.24) is 5.32 Å². The summed E-state index contributed by atoms with van der Waals surface area (Å²) in [5, 5.41) is 3.19. The summed E-state index contributed by atoms with van der Waals surface area (Å²) in [6.07, 6.45) is 5.38. The smallest absolute Gasteiger partial charge is 0.294 e. The van der Waals surface area contributed by atoms with Crippen LogP contribution in [-0.2, 0) is 4.79 Å². The fourth-order valence-electron chi connectivity index (χ4n) is 4.99. The number of carbonyl (C=O) groups excluding carboxylic acids is 2. The minimum absolute atomic E-state index is 0.0525. The number of anilines is 1. The monoisotopic (exact) mass is 506 g/mol. The number of amides is 2. The summed E-state index contributed by atoms with van der Waals surface area (Å²) < 4.78 is 22.2.